The molecule has 0 fully saturated rings. The first-order chi connectivity index (χ1) is 8.56. The summed E-state index contributed by atoms with van der Waals surface area (Å²) in [6.45, 7) is 5.18. The Kier molecular flexibility index (Phi) is 4.84. The Morgan fingerprint density at radius 1 is 1.33 bits per heavy atom. The van der Waals surface area contributed by atoms with Crippen molar-refractivity contribution in [3.8, 4) is 0 Å². The van der Waals surface area contributed by atoms with Gasteiger partial charge in [-0.3, -0.25) is 0 Å². The molecule has 1 nitrogen and oxygen atoms in total. The van der Waals surface area contributed by atoms with Crippen molar-refractivity contribution in [2.24, 2.45) is 0 Å². The van der Waals surface area contributed by atoms with Crippen molar-refractivity contribution in [1.82, 2.24) is 5.32 Å². The molecular weight excluding hydrogens is 330 g/mol. The van der Waals surface area contributed by atoms with Gasteiger partial charge in [-0.2, -0.15) is 0 Å². The van der Waals surface area contributed by atoms with E-state index in [2.05, 4.69) is 53.3 Å². The molecule has 1 atom stereocenters. The summed E-state index contributed by atoms with van der Waals surface area (Å²) >= 11 is 11.3. The molecule has 0 saturated heterocycles. The van der Waals surface area contributed by atoms with Gasteiger partial charge in [-0.05, 0) is 53.5 Å². The largest absolute Gasteiger partial charge is 0.305 e. The zero-order chi connectivity index (χ0) is 13.1. The smallest absolute Gasteiger partial charge is 0.0406 e. The molecule has 18 heavy (non-hydrogen) atoms. The maximum Gasteiger partial charge on any atom is 0.0406 e. The van der Waals surface area contributed by atoms with E-state index in [4.69, 9.17) is 11.6 Å². The lowest BCUT2D eigenvalue weighted by molar-refractivity contribution is 0.579. The van der Waals surface area contributed by atoms with Crippen LogP contribution < -0.4 is 5.32 Å². The number of hydrogen-bond acceptors (Lipinski definition) is 2. The molecule has 1 unspecified atom stereocenters. The monoisotopic (exact) mass is 343 g/mol. The molecule has 2 rings (SSSR count). The Labute approximate surface area is 125 Å². The fraction of sp³-hybridized carbons (Fsp3) is 0.286. The molecule has 0 bridgehead atoms. The average molecular weight is 345 g/mol. The van der Waals surface area contributed by atoms with Gasteiger partial charge in [0, 0.05) is 31.8 Å². The third-order valence-corrected chi connectivity index (χ3v) is 5.25. The minimum absolute atomic E-state index is 0.323. The van der Waals surface area contributed by atoms with Crippen LogP contribution in [0, 0.1) is 6.92 Å². The molecule has 0 aliphatic heterocycles. The molecule has 0 aliphatic carbocycles. The van der Waals surface area contributed by atoms with E-state index in [1.807, 2.05) is 23.5 Å². The van der Waals surface area contributed by atoms with Gasteiger partial charge in [0.1, 0.15) is 0 Å². The lowest BCUT2D eigenvalue weighted by Gasteiger charge is -2.13. The van der Waals surface area contributed by atoms with Crippen molar-refractivity contribution < 1.29 is 0 Å². The fourth-order valence-corrected chi connectivity index (χ4v) is 3.41. The number of halogens is 2. The molecule has 0 radical (unpaired) electrons. The van der Waals surface area contributed by atoms with Gasteiger partial charge in [0.15, 0.2) is 0 Å². The predicted molar refractivity (Wildman–Crippen MR) is 83.5 cm³/mol. The number of benzene rings is 1. The van der Waals surface area contributed by atoms with E-state index < -0.39 is 0 Å². The van der Waals surface area contributed by atoms with Gasteiger partial charge in [0.2, 0.25) is 0 Å². The summed E-state index contributed by atoms with van der Waals surface area (Å²) in [5.74, 6) is 0. The van der Waals surface area contributed by atoms with Gasteiger partial charge < -0.3 is 5.32 Å². The van der Waals surface area contributed by atoms with Crippen LogP contribution in [0.25, 0.3) is 0 Å². The van der Waals surface area contributed by atoms with Crippen LogP contribution in [0.15, 0.2) is 34.8 Å². The zero-order valence-electron chi connectivity index (χ0n) is 10.3. The molecule has 96 valence electrons. The Balaban J connectivity index is 1.95. The fourth-order valence-electron chi connectivity index (χ4n) is 1.73. The van der Waals surface area contributed by atoms with Crippen LogP contribution >= 0.6 is 38.9 Å². The second kappa shape index (κ2) is 6.20. The Morgan fingerprint density at radius 3 is 2.56 bits per heavy atom. The van der Waals surface area contributed by atoms with Crippen LogP contribution in [0.3, 0.4) is 0 Å². The number of aryl methyl sites for hydroxylation is 1. The number of rotatable bonds is 4. The molecule has 0 spiro atoms. The highest BCUT2D eigenvalue weighted by atomic mass is 79.9. The van der Waals surface area contributed by atoms with Crippen molar-refractivity contribution >= 4 is 38.9 Å². The number of thiophene rings is 1. The molecule has 4 heteroatoms. The van der Waals surface area contributed by atoms with Crippen LogP contribution in [-0.2, 0) is 6.54 Å². The summed E-state index contributed by atoms with van der Waals surface area (Å²) < 4.78 is 1.20. The number of nitrogens with one attached hydrogen (secondary N) is 1. The maximum absolute atomic E-state index is 5.89. The molecule has 1 heterocycles. The second-order valence-corrected chi connectivity index (χ2v) is 6.90. The van der Waals surface area contributed by atoms with E-state index in [1.165, 1.54) is 19.8 Å². The van der Waals surface area contributed by atoms with E-state index in [1.54, 1.807) is 0 Å². The molecule has 1 aromatic heterocycles. The minimum Gasteiger partial charge on any atom is -0.305 e. The lowest BCUT2D eigenvalue weighted by atomic mass is 10.1. The summed E-state index contributed by atoms with van der Waals surface area (Å²) in [6.07, 6.45) is 0. The predicted octanol–water partition coefficient (Wildman–Crippen LogP) is 5.32. The standard InChI is InChI=1S/C14H15BrClNS/c1-9(11-3-5-12(16)6-4-11)17-8-13-7-14(15)10(2)18-13/h3-7,9,17H,8H2,1-2H3. The first kappa shape index (κ1) is 14.1. The normalized spacial score (nSPS) is 12.7. The van der Waals surface area contributed by atoms with E-state index >= 15 is 0 Å². The topological polar surface area (TPSA) is 12.0 Å². The SMILES string of the molecule is Cc1sc(CNC(C)c2ccc(Cl)cc2)cc1Br. The average Bonchev–Trinajstić information content (AvgIpc) is 2.67. The summed E-state index contributed by atoms with van der Waals surface area (Å²) in [6, 6.07) is 10.5. The Morgan fingerprint density at radius 2 is 2.00 bits per heavy atom. The number of hydrogen-bond donors (Lipinski definition) is 1. The van der Waals surface area contributed by atoms with Gasteiger partial charge >= 0.3 is 0 Å². The van der Waals surface area contributed by atoms with E-state index in [0.717, 1.165) is 11.6 Å². The van der Waals surface area contributed by atoms with Crippen molar-refractivity contribution in [2.75, 3.05) is 0 Å². The summed E-state index contributed by atoms with van der Waals surface area (Å²) in [4.78, 5) is 2.67. The second-order valence-electron chi connectivity index (χ2n) is 4.27. The molecule has 1 aromatic carbocycles. The maximum atomic E-state index is 5.89. The molecule has 0 amide bonds. The highest BCUT2D eigenvalue weighted by Crippen LogP contribution is 2.26. The van der Waals surface area contributed by atoms with Crippen LogP contribution in [-0.4, -0.2) is 0 Å². The van der Waals surface area contributed by atoms with E-state index in [0.29, 0.717) is 6.04 Å². The van der Waals surface area contributed by atoms with Crippen LogP contribution in [0.5, 0.6) is 0 Å². The van der Waals surface area contributed by atoms with Crippen LogP contribution in [0.2, 0.25) is 5.02 Å². The first-order valence-corrected chi connectivity index (χ1v) is 7.78. The third kappa shape index (κ3) is 3.58. The van der Waals surface area contributed by atoms with E-state index in [-0.39, 0.29) is 0 Å². The van der Waals surface area contributed by atoms with E-state index in [9.17, 15) is 0 Å². The highest BCUT2D eigenvalue weighted by molar-refractivity contribution is 9.10. The summed E-state index contributed by atoms with van der Waals surface area (Å²) in [5.41, 5.74) is 1.26. The summed E-state index contributed by atoms with van der Waals surface area (Å²) in [7, 11) is 0. The quantitative estimate of drug-likeness (QED) is 0.791. The third-order valence-electron chi connectivity index (χ3n) is 2.86. The molecule has 2 aromatic rings. The van der Waals surface area contributed by atoms with Crippen molar-refractivity contribution in [3.05, 3.63) is 55.1 Å². The lowest BCUT2D eigenvalue weighted by Crippen LogP contribution is -2.17. The van der Waals surface area contributed by atoms with Gasteiger partial charge in [0.05, 0.1) is 0 Å². The molecule has 0 saturated carbocycles. The van der Waals surface area contributed by atoms with Gasteiger partial charge in [-0.1, -0.05) is 23.7 Å². The van der Waals surface area contributed by atoms with Gasteiger partial charge in [-0.15, -0.1) is 11.3 Å². The molecular formula is C14H15BrClNS. The Hall–Kier alpha value is -0.350. The van der Waals surface area contributed by atoms with Crippen molar-refractivity contribution in [1.29, 1.82) is 0 Å². The van der Waals surface area contributed by atoms with Crippen molar-refractivity contribution in [2.45, 2.75) is 26.4 Å². The highest BCUT2D eigenvalue weighted by Gasteiger charge is 2.07. The van der Waals surface area contributed by atoms with Crippen LogP contribution in [0.1, 0.15) is 28.3 Å². The van der Waals surface area contributed by atoms with Gasteiger partial charge in [-0.25, -0.2) is 0 Å². The first-order valence-electron chi connectivity index (χ1n) is 5.80. The minimum atomic E-state index is 0.323. The summed E-state index contributed by atoms with van der Waals surface area (Å²) in [5, 5.41) is 4.30. The molecule has 1 N–H and O–H groups in total. The molecule has 0 aliphatic rings. The van der Waals surface area contributed by atoms with Crippen LogP contribution in [0.4, 0.5) is 0 Å². The Bertz CT molecular complexity index is 502. The van der Waals surface area contributed by atoms with Crippen molar-refractivity contribution in [3.63, 3.8) is 0 Å². The van der Waals surface area contributed by atoms with Gasteiger partial charge in [0.25, 0.3) is 0 Å². The zero-order valence-corrected chi connectivity index (χ0v) is 13.5.